The molecule has 0 aliphatic heterocycles. The van der Waals surface area contributed by atoms with Gasteiger partial charge in [0, 0.05) is 13.1 Å². The zero-order chi connectivity index (χ0) is 13.2. The Morgan fingerprint density at radius 1 is 1.41 bits per heavy atom. The first-order valence-corrected chi connectivity index (χ1v) is 6.62. The van der Waals surface area contributed by atoms with Crippen molar-refractivity contribution in [1.82, 2.24) is 0 Å². The second-order valence-corrected chi connectivity index (χ2v) is 5.91. The van der Waals surface area contributed by atoms with Gasteiger partial charge in [-0.05, 0) is 25.5 Å². The molecule has 17 heavy (non-hydrogen) atoms. The second kappa shape index (κ2) is 4.70. The summed E-state index contributed by atoms with van der Waals surface area (Å²) >= 11 is 0. The number of anilines is 1. The van der Waals surface area contributed by atoms with Crippen LogP contribution in [0.15, 0.2) is 18.2 Å². The number of nitrogens with zero attached hydrogens (tertiary/aromatic N) is 2. The Balaban J connectivity index is 3.39. The molecule has 0 fully saturated rings. The van der Waals surface area contributed by atoms with E-state index in [2.05, 4.69) is 0 Å². The van der Waals surface area contributed by atoms with Gasteiger partial charge in [0.15, 0.2) is 0 Å². The summed E-state index contributed by atoms with van der Waals surface area (Å²) in [5, 5.41) is 10.8. The third-order valence-electron chi connectivity index (χ3n) is 2.45. The van der Waals surface area contributed by atoms with E-state index in [4.69, 9.17) is 0 Å². The molecule has 0 bridgehead atoms. The lowest BCUT2D eigenvalue weighted by molar-refractivity contribution is -0.384. The minimum atomic E-state index is -3.50. The highest BCUT2D eigenvalue weighted by atomic mass is 32.2. The highest BCUT2D eigenvalue weighted by Gasteiger charge is 2.24. The summed E-state index contributed by atoms with van der Waals surface area (Å²) < 4.78 is 24.3. The van der Waals surface area contributed by atoms with Gasteiger partial charge in [-0.2, -0.15) is 0 Å². The zero-order valence-electron chi connectivity index (χ0n) is 9.87. The molecule has 94 valence electrons. The molecule has 1 aromatic carbocycles. The van der Waals surface area contributed by atoms with E-state index >= 15 is 0 Å². The molecule has 0 heterocycles. The average Bonchev–Trinajstić information content (AvgIpc) is 2.27. The molecule has 0 saturated carbocycles. The van der Waals surface area contributed by atoms with Crippen molar-refractivity contribution in [3.8, 4) is 0 Å². The Morgan fingerprint density at radius 3 is 2.47 bits per heavy atom. The molecule has 0 aliphatic carbocycles. The SMILES string of the molecule is CCS(=O)(=O)N(C)c1cc(C)ccc1[N+](=O)[O-]. The van der Waals surface area contributed by atoms with Crippen molar-refractivity contribution < 1.29 is 13.3 Å². The van der Waals surface area contributed by atoms with Crippen molar-refractivity contribution in [2.24, 2.45) is 0 Å². The Kier molecular flexibility index (Phi) is 3.72. The summed E-state index contributed by atoms with van der Waals surface area (Å²) in [7, 11) is -2.18. The Hall–Kier alpha value is -1.63. The smallest absolute Gasteiger partial charge is 0.266 e. The molecule has 0 spiro atoms. The largest absolute Gasteiger partial charge is 0.293 e. The standard InChI is InChI=1S/C10H14N2O4S/c1-4-17(15,16)11(3)10-7-8(2)5-6-9(10)12(13)14/h5-7H,4H2,1-3H3. The fourth-order valence-electron chi connectivity index (χ4n) is 1.38. The first kappa shape index (κ1) is 13.4. The molecule has 6 nitrogen and oxygen atoms in total. The van der Waals surface area contributed by atoms with Crippen molar-refractivity contribution in [3.05, 3.63) is 33.9 Å². The normalized spacial score (nSPS) is 11.2. The number of hydrogen-bond acceptors (Lipinski definition) is 4. The van der Waals surface area contributed by atoms with E-state index in [-0.39, 0.29) is 17.1 Å². The van der Waals surface area contributed by atoms with Crippen LogP contribution in [0, 0.1) is 17.0 Å². The highest BCUT2D eigenvalue weighted by Crippen LogP contribution is 2.29. The molecule has 1 rings (SSSR count). The van der Waals surface area contributed by atoms with Gasteiger partial charge < -0.3 is 0 Å². The van der Waals surface area contributed by atoms with E-state index < -0.39 is 14.9 Å². The maximum absolute atomic E-state index is 11.7. The van der Waals surface area contributed by atoms with Gasteiger partial charge in [0.25, 0.3) is 5.69 Å². The number of nitro benzene ring substituents is 1. The van der Waals surface area contributed by atoms with Gasteiger partial charge in [-0.3, -0.25) is 14.4 Å². The van der Waals surface area contributed by atoms with Gasteiger partial charge in [-0.1, -0.05) is 6.07 Å². The summed E-state index contributed by atoms with van der Waals surface area (Å²) in [6, 6.07) is 4.38. The fourth-order valence-corrected chi connectivity index (χ4v) is 2.22. The summed E-state index contributed by atoms with van der Waals surface area (Å²) in [5.41, 5.74) is 0.649. The maximum atomic E-state index is 11.7. The molecule has 0 N–H and O–H groups in total. The molecular formula is C10H14N2O4S. The van der Waals surface area contributed by atoms with E-state index in [0.717, 1.165) is 9.87 Å². The highest BCUT2D eigenvalue weighted by molar-refractivity contribution is 7.92. The number of nitro groups is 1. The fraction of sp³-hybridized carbons (Fsp3) is 0.400. The van der Waals surface area contributed by atoms with Crippen LogP contribution in [0.4, 0.5) is 11.4 Å². The van der Waals surface area contributed by atoms with Gasteiger partial charge in [-0.25, -0.2) is 8.42 Å². The monoisotopic (exact) mass is 258 g/mol. The summed E-state index contributed by atoms with van der Waals surface area (Å²) in [4.78, 5) is 10.3. The minimum absolute atomic E-state index is 0.0943. The first-order valence-electron chi connectivity index (χ1n) is 5.01. The average molecular weight is 258 g/mol. The molecule has 0 saturated heterocycles. The van der Waals surface area contributed by atoms with Crippen LogP contribution in [-0.2, 0) is 10.0 Å². The van der Waals surface area contributed by atoms with Gasteiger partial charge in [0.05, 0.1) is 10.7 Å². The van der Waals surface area contributed by atoms with E-state index in [1.54, 1.807) is 13.0 Å². The molecule has 0 radical (unpaired) electrons. The molecule has 0 unspecified atom stereocenters. The molecular weight excluding hydrogens is 244 g/mol. The van der Waals surface area contributed by atoms with Crippen LogP contribution in [-0.4, -0.2) is 26.1 Å². The number of benzene rings is 1. The molecule has 7 heteroatoms. The first-order chi connectivity index (χ1) is 7.79. The molecule has 0 aromatic heterocycles. The molecule has 0 amide bonds. The van der Waals surface area contributed by atoms with E-state index in [1.165, 1.54) is 26.1 Å². The van der Waals surface area contributed by atoms with Crippen LogP contribution in [0.25, 0.3) is 0 Å². The predicted octanol–water partition coefficient (Wildman–Crippen LogP) is 1.69. The second-order valence-electron chi connectivity index (χ2n) is 3.62. The third-order valence-corrected chi connectivity index (χ3v) is 4.21. The van der Waals surface area contributed by atoms with Crippen LogP contribution >= 0.6 is 0 Å². The van der Waals surface area contributed by atoms with Crippen molar-refractivity contribution in [1.29, 1.82) is 0 Å². The third kappa shape index (κ3) is 2.73. The molecule has 0 atom stereocenters. The lowest BCUT2D eigenvalue weighted by Gasteiger charge is -2.18. The molecule has 1 aromatic rings. The lowest BCUT2D eigenvalue weighted by atomic mass is 10.2. The summed E-state index contributed by atoms with van der Waals surface area (Å²) in [6.45, 7) is 3.24. The predicted molar refractivity (Wildman–Crippen MR) is 65.7 cm³/mol. The van der Waals surface area contributed by atoms with Crippen LogP contribution in [0.3, 0.4) is 0 Å². The quantitative estimate of drug-likeness (QED) is 0.608. The van der Waals surface area contributed by atoms with Gasteiger partial charge in [-0.15, -0.1) is 0 Å². The van der Waals surface area contributed by atoms with Crippen molar-refractivity contribution in [3.63, 3.8) is 0 Å². The zero-order valence-corrected chi connectivity index (χ0v) is 10.7. The number of aryl methyl sites for hydroxylation is 1. The number of hydrogen-bond donors (Lipinski definition) is 0. The maximum Gasteiger partial charge on any atom is 0.293 e. The Bertz CT molecular complexity index is 539. The van der Waals surface area contributed by atoms with Crippen molar-refractivity contribution >= 4 is 21.4 Å². The Morgan fingerprint density at radius 2 is 2.00 bits per heavy atom. The number of rotatable bonds is 4. The lowest BCUT2D eigenvalue weighted by Crippen LogP contribution is -2.28. The van der Waals surface area contributed by atoms with E-state index in [9.17, 15) is 18.5 Å². The minimum Gasteiger partial charge on any atom is -0.266 e. The molecule has 0 aliphatic rings. The van der Waals surface area contributed by atoms with Crippen molar-refractivity contribution in [2.45, 2.75) is 13.8 Å². The number of sulfonamides is 1. The summed E-state index contributed by atoms with van der Waals surface area (Å²) in [6.07, 6.45) is 0. The summed E-state index contributed by atoms with van der Waals surface area (Å²) in [5.74, 6) is -0.103. The van der Waals surface area contributed by atoms with Crippen LogP contribution < -0.4 is 4.31 Å². The van der Waals surface area contributed by atoms with Gasteiger partial charge in [0.2, 0.25) is 10.0 Å². The van der Waals surface area contributed by atoms with Crippen LogP contribution in [0.1, 0.15) is 12.5 Å². The van der Waals surface area contributed by atoms with Crippen molar-refractivity contribution in [2.75, 3.05) is 17.1 Å². The van der Waals surface area contributed by atoms with Gasteiger partial charge >= 0.3 is 0 Å². The van der Waals surface area contributed by atoms with E-state index in [1.807, 2.05) is 0 Å². The Labute approximate surface area is 100 Å². The van der Waals surface area contributed by atoms with E-state index in [0.29, 0.717) is 0 Å². The van der Waals surface area contributed by atoms with Crippen LogP contribution in [0.2, 0.25) is 0 Å². The topological polar surface area (TPSA) is 80.5 Å². The van der Waals surface area contributed by atoms with Gasteiger partial charge in [0.1, 0.15) is 5.69 Å². The van der Waals surface area contributed by atoms with Crippen LogP contribution in [0.5, 0.6) is 0 Å².